The summed E-state index contributed by atoms with van der Waals surface area (Å²) in [5.41, 5.74) is 2.42. The van der Waals surface area contributed by atoms with Crippen LogP contribution in [0, 0.1) is 6.92 Å². The standard InChI is InChI=1S/C14H23N7/c1-10-11-6-5-8-20(13(11)17-15-10)9-7-12-16-19-21(18-12)14(2,3)4/h5-9H2,1-4H3,(H,15,17). The molecule has 21 heavy (non-hydrogen) atoms. The number of aromatic amines is 1. The molecule has 0 saturated carbocycles. The van der Waals surface area contributed by atoms with Gasteiger partial charge < -0.3 is 4.90 Å². The molecule has 3 rings (SSSR count). The molecule has 1 aliphatic rings. The van der Waals surface area contributed by atoms with Crippen molar-refractivity contribution in [1.82, 2.24) is 30.4 Å². The summed E-state index contributed by atoms with van der Waals surface area (Å²) in [5.74, 6) is 1.89. The van der Waals surface area contributed by atoms with Gasteiger partial charge in [-0.25, -0.2) is 0 Å². The second-order valence-corrected chi connectivity index (χ2v) is 6.66. The molecule has 0 aromatic carbocycles. The van der Waals surface area contributed by atoms with E-state index in [-0.39, 0.29) is 5.54 Å². The molecule has 0 saturated heterocycles. The summed E-state index contributed by atoms with van der Waals surface area (Å²) in [5, 5.41) is 20.3. The first-order valence-corrected chi connectivity index (χ1v) is 7.53. The quantitative estimate of drug-likeness (QED) is 0.925. The van der Waals surface area contributed by atoms with Crippen molar-refractivity contribution in [3.8, 4) is 0 Å². The Morgan fingerprint density at radius 1 is 1.29 bits per heavy atom. The largest absolute Gasteiger partial charge is 0.354 e. The number of H-pyrrole nitrogens is 1. The van der Waals surface area contributed by atoms with Gasteiger partial charge in [-0.05, 0) is 45.7 Å². The maximum Gasteiger partial charge on any atom is 0.176 e. The summed E-state index contributed by atoms with van der Waals surface area (Å²) >= 11 is 0. The van der Waals surface area contributed by atoms with Gasteiger partial charge >= 0.3 is 0 Å². The summed E-state index contributed by atoms with van der Waals surface area (Å²) in [6.07, 6.45) is 3.09. The SMILES string of the molecule is Cc1[nH]nc2c1CCCN2CCc1nnn(C(C)(C)C)n1. The predicted octanol–water partition coefficient (Wildman–Crippen LogP) is 1.45. The first-order chi connectivity index (χ1) is 9.95. The molecule has 1 N–H and O–H groups in total. The number of nitrogens with zero attached hydrogens (tertiary/aromatic N) is 6. The molecule has 114 valence electrons. The summed E-state index contributed by atoms with van der Waals surface area (Å²) in [6.45, 7) is 10.2. The number of rotatable bonds is 3. The van der Waals surface area contributed by atoms with E-state index in [1.807, 2.05) is 0 Å². The molecule has 0 radical (unpaired) electrons. The number of tetrazole rings is 1. The monoisotopic (exact) mass is 289 g/mol. The Labute approximate surface area is 124 Å². The maximum absolute atomic E-state index is 4.47. The van der Waals surface area contributed by atoms with Crippen molar-refractivity contribution in [2.75, 3.05) is 18.0 Å². The van der Waals surface area contributed by atoms with E-state index in [9.17, 15) is 0 Å². The molecule has 0 aliphatic carbocycles. The second kappa shape index (κ2) is 5.13. The van der Waals surface area contributed by atoms with Crippen LogP contribution in [0.15, 0.2) is 0 Å². The number of hydrogen-bond acceptors (Lipinski definition) is 5. The van der Waals surface area contributed by atoms with E-state index >= 15 is 0 Å². The smallest absolute Gasteiger partial charge is 0.176 e. The Morgan fingerprint density at radius 2 is 2.10 bits per heavy atom. The van der Waals surface area contributed by atoms with E-state index in [1.54, 1.807) is 4.80 Å². The summed E-state index contributed by atoms with van der Waals surface area (Å²) in [4.78, 5) is 4.00. The fourth-order valence-corrected chi connectivity index (χ4v) is 2.63. The Balaban J connectivity index is 1.67. The van der Waals surface area contributed by atoms with E-state index in [0.29, 0.717) is 0 Å². The van der Waals surface area contributed by atoms with Crippen molar-refractivity contribution < 1.29 is 0 Å². The third-order valence-electron chi connectivity index (χ3n) is 3.87. The highest BCUT2D eigenvalue weighted by Gasteiger charge is 2.22. The van der Waals surface area contributed by atoms with Crippen LogP contribution in [0.2, 0.25) is 0 Å². The Hall–Kier alpha value is -1.92. The molecular weight excluding hydrogens is 266 g/mol. The Kier molecular flexibility index (Phi) is 3.43. The van der Waals surface area contributed by atoms with Gasteiger partial charge in [-0.1, -0.05) is 0 Å². The lowest BCUT2D eigenvalue weighted by Crippen LogP contribution is -2.31. The summed E-state index contributed by atoms with van der Waals surface area (Å²) < 4.78 is 0. The lowest BCUT2D eigenvalue weighted by Gasteiger charge is -2.27. The van der Waals surface area contributed by atoms with Gasteiger partial charge in [-0.15, -0.1) is 10.2 Å². The van der Waals surface area contributed by atoms with Gasteiger partial charge in [0.15, 0.2) is 11.6 Å². The fourth-order valence-electron chi connectivity index (χ4n) is 2.63. The molecule has 0 amide bonds. The van der Waals surface area contributed by atoms with Gasteiger partial charge in [-0.3, -0.25) is 5.10 Å². The first kappa shape index (κ1) is 14.0. The maximum atomic E-state index is 4.47. The zero-order valence-corrected chi connectivity index (χ0v) is 13.2. The molecule has 0 bridgehead atoms. The average Bonchev–Trinajstić information content (AvgIpc) is 3.04. The second-order valence-electron chi connectivity index (χ2n) is 6.66. The third-order valence-corrected chi connectivity index (χ3v) is 3.87. The first-order valence-electron chi connectivity index (χ1n) is 7.53. The van der Waals surface area contributed by atoms with Crippen molar-refractivity contribution in [2.45, 2.75) is 52.5 Å². The van der Waals surface area contributed by atoms with Crippen LogP contribution in [-0.4, -0.2) is 43.5 Å². The van der Waals surface area contributed by atoms with Gasteiger partial charge in [-0.2, -0.15) is 9.90 Å². The number of hydrogen-bond donors (Lipinski definition) is 1. The molecule has 0 spiro atoms. The number of aromatic nitrogens is 6. The van der Waals surface area contributed by atoms with Gasteiger partial charge in [0.25, 0.3) is 0 Å². The molecule has 7 nitrogen and oxygen atoms in total. The topological polar surface area (TPSA) is 75.5 Å². The molecule has 1 aliphatic heterocycles. The van der Waals surface area contributed by atoms with Gasteiger partial charge in [0, 0.05) is 30.8 Å². The molecular formula is C14H23N7. The number of aryl methyl sites for hydroxylation is 1. The van der Waals surface area contributed by atoms with Crippen LogP contribution in [0.3, 0.4) is 0 Å². The van der Waals surface area contributed by atoms with Crippen molar-refractivity contribution in [2.24, 2.45) is 0 Å². The van der Waals surface area contributed by atoms with Gasteiger partial charge in [0.05, 0.1) is 5.54 Å². The fraction of sp³-hybridized carbons (Fsp3) is 0.714. The van der Waals surface area contributed by atoms with Crippen LogP contribution in [0.4, 0.5) is 5.82 Å². The summed E-state index contributed by atoms with van der Waals surface area (Å²) in [6, 6.07) is 0. The zero-order chi connectivity index (χ0) is 15.0. The zero-order valence-electron chi connectivity index (χ0n) is 13.2. The van der Waals surface area contributed by atoms with Crippen molar-refractivity contribution in [3.63, 3.8) is 0 Å². The van der Waals surface area contributed by atoms with E-state index < -0.39 is 0 Å². The van der Waals surface area contributed by atoms with E-state index in [4.69, 9.17) is 0 Å². The summed E-state index contributed by atoms with van der Waals surface area (Å²) in [7, 11) is 0. The van der Waals surface area contributed by atoms with E-state index in [0.717, 1.165) is 37.6 Å². The Bertz CT molecular complexity index is 620. The highest BCUT2D eigenvalue weighted by molar-refractivity contribution is 5.50. The van der Waals surface area contributed by atoms with Crippen LogP contribution >= 0.6 is 0 Å². The molecule has 0 fully saturated rings. The van der Waals surface area contributed by atoms with Crippen LogP contribution in [0.25, 0.3) is 0 Å². The average molecular weight is 289 g/mol. The molecule has 3 heterocycles. The van der Waals surface area contributed by atoms with Crippen LogP contribution in [0.5, 0.6) is 0 Å². The van der Waals surface area contributed by atoms with E-state index in [2.05, 4.69) is 58.2 Å². The van der Waals surface area contributed by atoms with Gasteiger partial charge in [0.2, 0.25) is 0 Å². The minimum atomic E-state index is -0.122. The number of fused-ring (bicyclic) bond motifs is 1. The third kappa shape index (κ3) is 2.77. The van der Waals surface area contributed by atoms with Crippen molar-refractivity contribution in [3.05, 3.63) is 17.1 Å². The number of anilines is 1. The Morgan fingerprint density at radius 3 is 2.81 bits per heavy atom. The normalized spacial score (nSPS) is 15.3. The minimum Gasteiger partial charge on any atom is -0.354 e. The predicted molar refractivity (Wildman–Crippen MR) is 80.4 cm³/mol. The molecule has 0 atom stereocenters. The molecule has 2 aromatic rings. The highest BCUT2D eigenvalue weighted by Crippen LogP contribution is 2.26. The lowest BCUT2D eigenvalue weighted by molar-refractivity contribution is 0.305. The van der Waals surface area contributed by atoms with Gasteiger partial charge in [0.1, 0.15) is 0 Å². The van der Waals surface area contributed by atoms with Crippen LogP contribution < -0.4 is 4.90 Å². The van der Waals surface area contributed by atoms with E-state index in [1.165, 1.54) is 17.7 Å². The molecule has 2 aromatic heterocycles. The molecule has 0 unspecified atom stereocenters. The molecule has 7 heteroatoms. The van der Waals surface area contributed by atoms with Crippen LogP contribution in [0.1, 0.15) is 44.3 Å². The number of nitrogens with one attached hydrogen (secondary N) is 1. The van der Waals surface area contributed by atoms with Crippen molar-refractivity contribution in [1.29, 1.82) is 0 Å². The van der Waals surface area contributed by atoms with Crippen molar-refractivity contribution >= 4 is 5.82 Å². The lowest BCUT2D eigenvalue weighted by atomic mass is 10.1. The van der Waals surface area contributed by atoms with Crippen LogP contribution in [-0.2, 0) is 18.4 Å². The highest BCUT2D eigenvalue weighted by atomic mass is 15.6. The minimum absolute atomic E-state index is 0.122.